The lowest BCUT2D eigenvalue weighted by Gasteiger charge is -2.35. The second kappa shape index (κ2) is 6.03. The lowest BCUT2D eigenvalue weighted by Crippen LogP contribution is -2.39. The van der Waals surface area contributed by atoms with E-state index in [4.69, 9.17) is 0 Å². The van der Waals surface area contributed by atoms with Crippen molar-refractivity contribution in [3.63, 3.8) is 0 Å². The molecular weight excluding hydrogens is 298 g/mol. The van der Waals surface area contributed by atoms with Crippen LogP contribution in [0.2, 0.25) is 0 Å². The average Bonchev–Trinajstić information content (AvgIpc) is 3.27. The van der Waals surface area contributed by atoms with E-state index in [-0.39, 0.29) is 11.5 Å². The highest BCUT2D eigenvalue weighted by molar-refractivity contribution is 5.30. The van der Waals surface area contributed by atoms with Crippen LogP contribution < -0.4 is 0 Å². The molecule has 1 aliphatic heterocycles. The molecule has 1 aliphatic carbocycles. The molecular formula is C19H29N5. The summed E-state index contributed by atoms with van der Waals surface area (Å²) >= 11 is 0. The summed E-state index contributed by atoms with van der Waals surface area (Å²) in [5.74, 6) is 0.845. The van der Waals surface area contributed by atoms with Gasteiger partial charge in [-0.3, -0.25) is 10.00 Å². The first-order valence-corrected chi connectivity index (χ1v) is 9.34. The number of aromatic nitrogens is 4. The minimum Gasteiger partial charge on any atom is -0.348 e. The number of aromatic amines is 2. The summed E-state index contributed by atoms with van der Waals surface area (Å²) in [7, 11) is 0. The lowest BCUT2D eigenvalue weighted by atomic mass is 9.91. The Labute approximate surface area is 144 Å². The predicted octanol–water partition coefficient (Wildman–Crippen LogP) is 3.57. The molecule has 1 atom stereocenters. The second-order valence-electron chi connectivity index (χ2n) is 8.52. The summed E-state index contributed by atoms with van der Waals surface area (Å²) in [5, 5.41) is 7.92. The zero-order chi connectivity index (χ0) is 16.7. The summed E-state index contributed by atoms with van der Waals surface area (Å²) < 4.78 is 0. The van der Waals surface area contributed by atoms with Crippen LogP contribution in [0, 0.1) is 5.92 Å². The van der Waals surface area contributed by atoms with Crippen LogP contribution >= 0.6 is 0 Å². The molecule has 1 fully saturated rings. The number of nitrogens with one attached hydrogen (secondary N) is 2. The first-order valence-electron chi connectivity index (χ1n) is 9.34. The highest BCUT2D eigenvalue weighted by atomic mass is 15.2. The predicted molar refractivity (Wildman–Crippen MR) is 95.0 cm³/mol. The molecule has 5 heteroatoms. The molecule has 5 nitrogen and oxygen atoms in total. The molecule has 1 unspecified atom stereocenters. The molecule has 2 aromatic rings. The van der Waals surface area contributed by atoms with E-state index in [2.05, 4.69) is 51.9 Å². The summed E-state index contributed by atoms with van der Waals surface area (Å²) in [6.07, 6.45) is 8.47. The Morgan fingerprint density at radius 2 is 2.04 bits per heavy atom. The van der Waals surface area contributed by atoms with Crippen molar-refractivity contribution in [1.82, 2.24) is 25.1 Å². The quantitative estimate of drug-likeness (QED) is 0.906. The average molecular weight is 327 g/mol. The fraction of sp³-hybridized carbons (Fsp3) is 0.684. The Morgan fingerprint density at radius 3 is 2.75 bits per heavy atom. The van der Waals surface area contributed by atoms with E-state index in [9.17, 15) is 0 Å². The van der Waals surface area contributed by atoms with Crippen LogP contribution in [0.1, 0.15) is 75.3 Å². The number of fused-ring (bicyclic) bond motifs is 1. The highest BCUT2D eigenvalue weighted by Crippen LogP contribution is 2.36. The van der Waals surface area contributed by atoms with Crippen molar-refractivity contribution in [2.45, 2.75) is 64.3 Å². The second-order valence-corrected chi connectivity index (χ2v) is 8.52. The van der Waals surface area contributed by atoms with Crippen LogP contribution in [0.15, 0.2) is 12.4 Å². The van der Waals surface area contributed by atoms with E-state index < -0.39 is 0 Å². The van der Waals surface area contributed by atoms with Crippen LogP contribution in [-0.2, 0) is 11.8 Å². The third-order valence-corrected chi connectivity index (χ3v) is 5.65. The van der Waals surface area contributed by atoms with Crippen LogP contribution in [0.25, 0.3) is 0 Å². The van der Waals surface area contributed by atoms with Crippen molar-refractivity contribution in [2.24, 2.45) is 5.92 Å². The molecule has 2 aliphatic rings. The maximum absolute atomic E-state index is 4.67. The topological polar surface area (TPSA) is 60.6 Å². The molecule has 2 N–H and O–H groups in total. The molecule has 0 bridgehead atoms. The molecule has 0 spiro atoms. The van der Waals surface area contributed by atoms with Gasteiger partial charge in [-0.25, -0.2) is 4.98 Å². The molecule has 24 heavy (non-hydrogen) atoms. The number of hydrogen-bond acceptors (Lipinski definition) is 3. The molecule has 0 aromatic carbocycles. The number of H-pyrrole nitrogens is 2. The van der Waals surface area contributed by atoms with Gasteiger partial charge in [-0.1, -0.05) is 33.6 Å². The first kappa shape index (κ1) is 15.9. The van der Waals surface area contributed by atoms with Gasteiger partial charge in [0, 0.05) is 30.6 Å². The molecule has 1 saturated carbocycles. The fourth-order valence-corrected chi connectivity index (χ4v) is 4.25. The van der Waals surface area contributed by atoms with Gasteiger partial charge in [-0.05, 0) is 24.8 Å². The van der Waals surface area contributed by atoms with Gasteiger partial charge in [0.2, 0.25) is 0 Å². The van der Waals surface area contributed by atoms with Crippen LogP contribution in [0.4, 0.5) is 0 Å². The van der Waals surface area contributed by atoms with E-state index in [1.54, 1.807) is 0 Å². The van der Waals surface area contributed by atoms with Crippen LogP contribution in [0.5, 0.6) is 0 Å². The number of nitrogens with zero attached hydrogens (tertiary/aromatic N) is 3. The Bertz CT molecular complexity index is 687. The first-order chi connectivity index (χ1) is 11.5. The van der Waals surface area contributed by atoms with Gasteiger partial charge in [-0.2, -0.15) is 5.10 Å². The molecule has 4 rings (SSSR count). The van der Waals surface area contributed by atoms with Gasteiger partial charge >= 0.3 is 0 Å². The Hall–Kier alpha value is -1.62. The number of imidazole rings is 1. The zero-order valence-corrected chi connectivity index (χ0v) is 15.1. The fourth-order valence-electron chi connectivity index (χ4n) is 4.25. The van der Waals surface area contributed by atoms with Gasteiger partial charge in [-0.15, -0.1) is 0 Å². The van der Waals surface area contributed by atoms with Crippen molar-refractivity contribution in [1.29, 1.82) is 0 Å². The van der Waals surface area contributed by atoms with Crippen molar-refractivity contribution in [2.75, 3.05) is 13.1 Å². The number of hydrogen-bond donors (Lipinski definition) is 2. The Balaban J connectivity index is 1.66. The number of rotatable bonds is 3. The third kappa shape index (κ3) is 2.90. The van der Waals surface area contributed by atoms with Crippen molar-refractivity contribution in [3.8, 4) is 0 Å². The highest BCUT2D eigenvalue weighted by Gasteiger charge is 2.34. The van der Waals surface area contributed by atoms with E-state index in [1.165, 1.54) is 49.3 Å². The van der Waals surface area contributed by atoms with E-state index in [0.717, 1.165) is 24.6 Å². The lowest BCUT2D eigenvalue weighted by molar-refractivity contribution is 0.174. The molecule has 0 amide bonds. The normalized spacial score (nSPS) is 22.9. The van der Waals surface area contributed by atoms with Crippen LogP contribution in [-0.4, -0.2) is 38.2 Å². The van der Waals surface area contributed by atoms with Crippen molar-refractivity contribution in [3.05, 3.63) is 35.2 Å². The minimum atomic E-state index is 0.0636. The van der Waals surface area contributed by atoms with E-state index >= 15 is 0 Å². The summed E-state index contributed by atoms with van der Waals surface area (Å²) in [6.45, 7) is 8.92. The summed E-state index contributed by atoms with van der Waals surface area (Å²) in [6, 6.07) is 2.46. The molecule has 130 valence electrons. The van der Waals surface area contributed by atoms with Gasteiger partial charge in [0.1, 0.15) is 0 Å². The molecule has 0 saturated heterocycles. The van der Waals surface area contributed by atoms with E-state index in [0.29, 0.717) is 0 Å². The van der Waals surface area contributed by atoms with Gasteiger partial charge < -0.3 is 4.98 Å². The minimum absolute atomic E-state index is 0.0636. The van der Waals surface area contributed by atoms with Crippen LogP contribution in [0.3, 0.4) is 0 Å². The zero-order valence-electron chi connectivity index (χ0n) is 15.1. The van der Waals surface area contributed by atoms with Crippen molar-refractivity contribution < 1.29 is 0 Å². The Kier molecular flexibility index (Phi) is 3.99. The monoisotopic (exact) mass is 327 g/mol. The molecule has 3 heterocycles. The summed E-state index contributed by atoms with van der Waals surface area (Å²) in [5.41, 5.74) is 4.85. The standard InChI is InChI=1S/C19H29N5/c1-19(2,3)16-10-15(22-23-16)18-17-14(20-12-21-17)8-9-24(18)11-13-6-4-5-7-13/h10,12-13,18H,4-9,11H2,1-3H3,(H,20,21)(H,22,23). The smallest absolute Gasteiger partial charge is 0.0962 e. The molecule has 2 aromatic heterocycles. The maximum Gasteiger partial charge on any atom is 0.0962 e. The SMILES string of the molecule is CC(C)(C)c1cc(C2c3nc[nH]c3CCN2CC2CCCC2)[nH]n1. The molecule has 0 radical (unpaired) electrons. The largest absolute Gasteiger partial charge is 0.348 e. The summed E-state index contributed by atoms with van der Waals surface area (Å²) in [4.78, 5) is 10.6. The maximum atomic E-state index is 4.67. The Morgan fingerprint density at radius 1 is 1.25 bits per heavy atom. The van der Waals surface area contributed by atoms with E-state index in [1.807, 2.05) is 6.33 Å². The van der Waals surface area contributed by atoms with Gasteiger partial charge in [0.25, 0.3) is 0 Å². The van der Waals surface area contributed by atoms with Gasteiger partial charge in [0.15, 0.2) is 0 Å². The van der Waals surface area contributed by atoms with Gasteiger partial charge in [0.05, 0.1) is 29.5 Å². The van der Waals surface area contributed by atoms with Crippen molar-refractivity contribution >= 4 is 0 Å². The third-order valence-electron chi connectivity index (χ3n) is 5.65.